The molecule has 2 aromatic carbocycles. The Labute approximate surface area is 114 Å². The molecule has 1 aliphatic heterocycles. The molecule has 0 aliphatic carbocycles. The maximum atomic E-state index is 3.60. The summed E-state index contributed by atoms with van der Waals surface area (Å²) < 4.78 is 1.13. The largest absolute Gasteiger partial charge is 0.376 e. The molecule has 0 spiro atoms. The third-order valence-corrected chi connectivity index (χ3v) is 4.59. The Morgan fingerprint density at radius 1 is 1.06 bits per heavy atom. The van der Waals surface area contributed by atoms with E-state index in [4.69, 9.17) is 0 Å². The van der Waals surface area contributed by atoms with Gasteiger partial charge in [0.1, 0.15) is 0 Å². The first kappa shape index (κ1) is 11.2. The van der Waals surface area contributed by atoms with Crippen molar-refractivity contribution in [3.8, 4) is 0 Å². The van der Waals surface area contributed by atoms with Crippen LogP contribution >= 0.6 is 27.7 Å². The van der Waals surface area contributed by atoms with Gasteiger partial charge in [0, 0.05) is 20.8 Å². The van der Waals surface area contributed by atoms with E-state index in [1.165, 1.54) is 16.1 Å². The average Bonchev–Trinajstić information content (AvgIpc) is 2.39. The number of hydrogen-bond donors (Lipinski definition) is 1. The summed E-state index contributed by atoms with van der Waals surface area (Å²) in [4.78, 5) is 1.35. The molecule has 0 saturated carbocycles. The minimum absolute atomic E-state index is 0.406. The molecular formula is C14H12BrNS. The van der Waals surface area contributed by atoms with Gasteiger partial charge in [-0.2, -0.15) is 0 Å². The van der Waals surface area contributed by atoms with Gasteiger partial charge >= 0.3 is 0 Å². The van der Waals surface area contributed by atoms with Gasteiger partial charge in [-0.25, -0.2) is 0 Å². The van der Waals surface area contributed by atoms with Crippen LogP contribution in [-0.4, -0.2) is 5.75 Å². The fourth-order valence-electron chi connectivity index (χ4n) is 1.99. The molecule has 1 aliphatic rings. The lowest BCUT2D eigenvalue weighted by Gasteiger charge is -2.26. The minimum Gasteiger partial charge on any atom is -0.376 e. The maximum Gasteiger partial charge on any atom is 0.0608 e. The molecule has 0 aromatic heterocycles. The van der Waals surface area contributed by atoms with Gasteiger partial charge in [-0.15, -0.1) is 11.8 Å². The highest BCUT2D eigenvalue weighted by atomic mass is 79.9. The zero-order valence-corrected chi connectivity index (χ0v) is 11.6. The zero-order chi connectivity index (χ0) is 11.7. The molecule has 1 atom stereocenters. The Hall–Kier alpha value is -0.930. The molecule has 2 aromatic rings. The Kier molecular flexibility index (Phi) is 3.12. The van der Waals surface area contributed by atoms with Crippen LogP contribution in [0.1, 0.15) is 11.6 Å². The molecule has 0 fully saturated rings. The van der Waals surface area contributed by atoms with E-state index in [9.17, 15) is 0 Å². The normalized spacial score (nSPS) is 18.3. The average molecular weight is 306 g/mol. The molecule has 0 amide bonds. The van der Waals surface area contributed by atoms with E-state index in [0.717, 1.165) is 10.2 Å². The SMILES string of the molecule is Brc1ccc([C@@H]2CSc3ccccc3N2)cc1. The number of hydrogen-bond acceptors (Lipinski definition) is 2. The molecule has 17 heavy (non-hydrogen) atoms. The number of fused-ring (bicyclic) bond motifs is 1. The monoisotopic (exact) mass is 305 g/mol. The first-order valence-electron chi connectivity index (χ1n) is 5.57. The quantitative estimate of drug-likeness (QED) is 0.819. The van der Waals surface area contributed by atoms with Gasteiger partial charge in [0.25, 0.3) is 0 Å². The minimum atomic E-state index is 0.406. The third-order valence-electron chi connectivity index (χ3n) is 2.89. The van der Waals surface area contributed by atoms with Crippen molar-refractivity contribution in [2.24, 2.45) is 0 Å². The first-order chi connectivity index (χ1) is 8.33. The molecular weight excluding hydrogens is 294 g/mol. The van der Waals surface area contributed by atoms with Gasteiger partial charge in [0.05, 0.1) is 6.04 Å². The van der Waals surface area contributed by atoms with Crippen LogP contribution in [-0.2, 0) is 0 Å². The second kappa shape index (κ2) is 4.75. The second-order valence-electron chi connectivity index (χ2n) is 4.06. The highest BCUT2D eigenvalue weighted by Crippen LogP contribution is 2.38. The van der Waals surface area contributed by atoms with Crippen LogP contribution in [0, 0.1) is 0 Å². The number of anilines is 1. The van der Waals surface area contributed by atoms with Crippen LogP contribution in [0.15, 0.2) is 57.9 Å². The van der Waals surface area contributed by atoms with Gasteiger partial charge in [-0.3, -0.25) is 0 Å². The fourth-order valence-corrected chi connectivity index (χ4v) is 3.33. The standard InChI is InChI=1S/C14H12BrNS/c15-11-7-5-10(6-8-11)13-9-17-14-4-2-1-3-12(14)16-13/h1-8,13,16H,9H2/t13-/m0/s1. The van der Waals surface area contributed by atoms with Gasteiger partial charge in [-0.1, -0.05) is 40.2 Å². The van der Waals surface area contributed by atoms with E-state index in [1.807, 2.05) is 11.8 Å². The molecule has 0 saturated heterocycles. The lowest BCUT2D eigenvalue weighted by atomic mass is 10.1. The zero-order valence-electron chi connectivity index (χ0n) is 9.19. The molecule has 3 heteroatoms. The van der Waals surface area contributed by atoms with Crippen molar-refractivity contribution in [1.29, 1.82) is 0 Å². The van der Waals surface area contributed by atoms with Crippen LogP contribution in [0.2, 0.25) is 0 Å². The summed E-state index contributed by atoms with van der Waals surface area (Å²) in [5.41, 5.74) is 2.59. The summed E-state index contributed by atoms with van der Waals surface area (Å²) >= 11 is 5.39. The number of rotatable bonds is 1. The molecule has 1 N–H and O–H groups in total. The van der Waals surface area contributed by atoms with Gasteiger partial charge in [0.2, 0.25) is 0 Å². The van der Waals surface area contributed by atoms with Gasteiger partial charge in [0.15, 0.2) is 0 Å². The number of benzene rings is 2. The van der Waals surface area contributed by atoms with Crippen molar-refractivity contribution >= 4 is 33.4 Å². The Bertz CT molecular complexity index is 524. The van der Waals surface area contributed by atoms with E-state index in [-0.39, 0.29) is 0 Å². The topological polar surface area (TPSA) is 12.0 Å². The summed E-state index contributed by atoms with van der Waals surface area (Å²) in [5.74, 6) is 1.08. The van der Waals surface area contributed by atoms with Crippen LogP contribution in [0.4, 0.5) is 5.69 Å². The summed E-state index contributed by atoms with van der Waals surface area (Å²) in [7, 11) is 0. The number of thioether (sulfide) groups is 1. The smallest absolute Gasteiger partial charge is 0.0608 e. The Morgan fingerprint density at radius 3 is 2.65 bits per heavy atom. The Morgan fingerprint density at radius 2 is 1.82 bits per heavy atom. The predicted molar refractivity (Wildman–Crippen MR) is 77.7 cm³/mol. The summed E-state index contributed by atoms with van der Waals surface area (Å²) in [6.07, 6.45) is 0. The molecule has 0 radical (unpaired) electrons. The van der Waals surface area contributed by atoms with Crippen molar-refractivity contribution in [2.45, 2.75) is 10.9 Å². The number of para-hydroxylation sites is 1. The van der Waals surface area contributed by atoms with Crippen molar-refractivity contribution in [2.75, 3.05) is 11.1 Å². The summed E-state index contributed by atoms with van der Waals surface area (Å²) in [6.45, 7) is 0. The highest BCUT2D eigenvalue weighted by Gasteiger charge is 2.18. The predicted octanol–water partition coefficient (Wildman–Crippen LogP) is 4.71. The van der Waals surface area contributed by atoms with E-state index in [2.05, 4.69) is 69.8 Å². The fraction of sp³-hybridized carbons (Fsp3) is 0.143. The number of halogens is 1. The number of nitrogens with one attached hydrogen (secondary N) is 1. The van der Waals surface area contributed by atoms with E-state index < -0.39 is 0 Å². The third kappa shape index (κ3) is 2.35. The van der Waals surface area contributed by atoms with E-state index in [0.29, 0.717) is 6.04 Å². The Balaban J connectivity index is 1.86. The van der Waals surface area contributed by atoms with Crippen LogP contribution in [0.5, 0.6) is 0 Å². The molecule has 0 unspecified atom stereocenters. The summed E-state index contributed by atoms with van der Waals surface area (Å²) in [5, 5.41) is 3.60. The molecule has 3 rings (SSSR count). The van der Waals surface area contributed by atoms with Crippen molar-refractivity contribution in [1.82, 2.24) is 0 Å². The molecule has 1 nitrogen and oxygen atoms in total. The lowest BCUT2D eigenvalue weighted by Crippen LogP contribution is -2.17. The van der Waals surface area contributed by atoms with Crippen molar-refractivity contribution in [3.63, 3.8) is 0 Å². The summed E-state index contributed by atoms with van der Waals surface area (Å²) in [6, 6.07) is 17.4. The van der Waals surface area contributed by atoms with Crippen LogP contribution < -0.4 is 5.32 Å². The first-order valence-corrected chi connectivity index (χ1v) is 7.34. The second-order valence-corrected chi connectivity index (χ2v) is 6.03. The van der Waals surface area contributed by atoms with E-state index >= 15 is 0 Å². The van der Waals surface area contributed by atoms with Gasteiger partial charge < -0.3 is 5.32 Å². The maximum absolute atomic E-state index is 3.60. The van der Waals surface area contributed by atoms with Crippen LogP contribution in [0.25, 0.3) is 0 Å². The molecule has 0 bridgehead atoms. The van der Waals surface area contributed by atoms with Crippen molar-refractivity contribution in [3.05, 3.63) is 58.6 Å². The van der Waals surface area contributed by atoms with Gasteiger partial charge in [-0.05, 0) is 29.8 Å². The molecule has 1 heterocycles. The lowest BCUT2D eigenvalue weighted by molar-refractivity contribution is 0.880. The van der Waals surface area contributed by atoms with Crippen molar-refractivity contribution < 1.29 is 0 Å². The van der Waals surface area contributed by atoms with Crippen LogP contribution in [0.3, 0.4) is 0 Å². The molecule has 86 valence electrons. The van der Waals surface area contributed by atoms with E-state index in [1.54, 1.807) is 0 Å². The highest BCUT2D eigenvalue weighted by molar-refractivity contribution is 9.10.